The fourth-order valence-electron chi connectivity index (χ4n) is 3.32. The molecule has 2 aromatic rings. The summed E-state index contributed by atoms with van der Waals surface area (Å²) < 4.78 is 5.05. The number of nitro groups is 1. The maximum atomic E-state index is 12.8. The highest BCUT2D eigenvalue weighted by Gasteiger charge is 2.46. The molecule has 0 spiro atoms. The SMILES string of the molecule is COCCCN1C(=O)C(=O)/C(=C(\O)c2ccc([N+](=O)[O-])cc2)C1c1sccc1C. The summed E-state index contributed by atoms with van der Waals surface area (Å²) >= 11 is 1.40. The summed E-state index contributed by atoms with van der Waals surface area (Å²) in [5, 5.41) is 23.6. The number of nitrogens with zero attached hydrogens (tertiary/aromatic N) is 2. The van der Waals surface area contributed by atoms with Gasteiger partial charge in [0.25, 0.3) is 17.4 Å². The molecule has 1 N–H and O–H groups in total. The van der Waals surface area contributed by atoms with E-state index in [0.29, 0.717) is 19.6 Å². The van der Waals surface area contributed by atoms with Crippen LogP contribution in [0.3, 0.4) is 0 Å². The van der Waals surface area contributed by atoms with Crippen LogP contribution in [-0.4, -0.2) is 46.9 Å². The Morgan fingerprint density at radius 3 is 2.52 bits per heavy atom. The third kappa shape index (κ3) is 3.92. The number of thiophene rings is 1. The molecule has 8 nitrogen and oxygen atoms in total. The number of amides is 1. The first-order valence-electron chi connectivity index (χ1n) is 8.93. The van der Waals surface area contributed by atoms with Crippen molar-refractivity contribution in [3.8, 4) is 0 Å². The highest BCUT2D eigenvalue weighted by atomic mass is 32.1. The Labute approximate surface area is 171 Å². The second-order valence-electron chi connectivity index (χ2n) is 6.61. The Bertz CT molecular complexity index is 979. The number of aliphatic hydroxyl groups is 1. The summed E-state index contributed by atoms with van der Waals surface area (Å²) in [6, 6.07) is 6.40. The number of carbonyl (C=O) groups excluding carboxylic acids is 2. The van der Waals surface area contributed by atoms with Gasteiger partial charge in [-0.2, -0.15) is 0 Å². The van der Waals surface area contributed by atoms with Crippen LogP contribution in [0.1, 0.15) is 28.5 Å². The first kappa shape index (κ1) is 20.7. The van der Waals surface area contributed by atoms with Crippen molar-refractivity contribution in [1.29, 1.82) is 0 Å². The molecule has 1 aliphatic rings. The number of benzene rings is 1. The lowest BCUT2D eigenvalue weighted by Crippen LogP contribution is -2.31. The normalized spacial score (nSPS) is 18.4. The summed E-state index contributed by atoms with van der Waals surface area (Å²) in [4.78, 5) is 38.1. The monoisotopic (exact) mass is 416 g/mol. The Balaban J connectivity index is 2.09. The second kappa shape index (κ2) is 8.54. The molecule has 1 saturated heterocycles. The molecule has 9 heteroatoms. The van der Waals surface area contributed by atoms with Crippen LogP contribution in [0, 0.1) is 17.0 Å². The molecule has 0 saturated carbocycles. The maximum Gasteiger partial charge on any atom is 0.295 e. The molecule has 1 aliphatic heterocycles. The van der Waals surface area contributed by atoms with Gasteiger partial charge < -0.3 is 14.7 Å². The lowest BCUT2D eigenvalue weighted by molar-refractivity contribution is -0.384. The van der Waals surface area contributed by atoms with Gasteiger partial charge in [-0.1, -0.05) is 0 Å². The van der Waals surface area contributed by atoms with E-state index in [9.17, 15) is 24.8 Å². The van der Waals surface area contributed by atoms with Gasteiger partial charge >= 0.3 is 0 Å². The number of hydrogen-bond acceptors (Lipinski definition) is 7. The molecule has 3 rings (SSSR count). The molecule has 1 aromatic heterocycles. The minimum Gasteiger partial charge on any atom is -0.507 e. The average molecular weight is 416 g/mol. The van der Waals surface area contributed by atoms with Gasteiger partial charge in [0.2, 0.25) is 0 Å². The van der Waals surface area contributed by atoms with Gasteiger partial charge in [0, 0.05) is 42.8 Å². The molecular formula is C20H20N2O6S. The van der Waals surface area contributed by atoms with E-state index in [1.54, 1.807) is 7.11 Å². The fourth-order valence-corrected chi connectivity index (χ4v) is 4.37. The fraction of sp³-hybridized carbons (Fsp3) is 0.300. The van der Waals surface area contributed by atoms with Crippen LogP contribution in [0.2, 0.25) is 0 Å². The van der Waals surface area contributed by atoms with E-state index in [-0.39, 0.29) is 22.6 Å². The van der Waals surface area contributed by atoms with Crippen molar-refractivity contribution in [1.82, 2.24) is 4.90 Å². The van der Waals surface area contributed by atoms with Crippen molar-refractivity contribution in [3.63, 3.8) is 0 Å². The number of carbonyl (C=O) groups is 2. The zero-order chi connectivity index (χ0) is 21.1. The number of aliphatic hydroxyl groups excluding tert-OH is 1. The van der Waals surface area contributed by atoms with E-state index in [0.717, 1.165) is 10.4 Å². The highest BCUT2D eigenvalue weighted by molar-refractivity contribution is 7.10. The third-order valence-corrected chi connectivity index (χ3v) is 5.86. The Hall–Kier alpha value is -3.04. The minimum atomic E-state index is -0.768. The van der Waals surface area contributed by atoms with Crippen molar-refractivity contribution >= 4 is 34.5 Å². The number of hydrogen-bond donors (Lipinski definition) is 1. The average Bonchev–Trinajstić information content (AvgIpc) is 3.23. The summed E-state index contributed by atoms with van der Waals surface area (Å²) in [5.74, 6) is -1.79. The van der Waals surface area contributed by atoms with Crippen molar-refractivity contribution in [2.75, 3.05) is 20.3 Å². The molecule has 1 amide bonds. The summed E-state index contributed by atoms with van der Waals surface area (Å²) in [5.41, 5.74) is 1.01. The lowest BCUT2D eigenvalue weighted by Gasteiger charge is -2.24. The Kier molecular flexibility index (Phi) is 6.09. The number of methoxy groups -OCH3 is 1. The molecule has 1 aromatic carbocycles. The standard InChI is InChI=1S/C20H20N2O6S/c1-12-8-11-29-19(12)16-15(18(24)20(25)21(16)9-3-10-28-2)17(23)13-4-6-14(7-5-13)22(26)27/h4-8,11,16,23H,3,9-10H2,1-2H3/b17-15-. The largest absolute Gasteiger partial charge is 0.507 e. The first-order chi connectivity index (χ1) is 13.9. The van der Waals surface area contributed by atoms with Crippen molar-refractivity contribution in [2.24, 2.45) is 0 Å². The quantitative estimate of drug-likeness (QED) is 0.185. The van der Waals surface area contributed by atoms with Crippen LogP contribution in [0.25, 0.3) is 5.76 Å². The number of nitro benzene ring substituents is 1. The molecule has 0 bridgehead atoms. The molecule has 1 atom stereocenters. The van der Waals surface area contributed by atoms with Crippen LogP contribution < -0.4 is 0 Å². The molecular weight excluding hydrogens is 396 g/mol. The van der Waals surface area contributed by atoms with E-state index in [1.165, 1.54) is 40.5 Å². The molecule has 1 fully saturated rings. The number of ketones is 1. The van der Waals surface area contributed by atoms with Gasteiger partial charge in [0.1, 0.15) is 5.76 Å². The van der Waals surface area contributed by atoms with Crippen LogP contribution in [0.4, 0.5) is 5.69 Å². The second-order valence-corrected chi connectivity index (χ2v) is 7.56. The molecule has 2 heterocycles. The zero-order valence-corrected chi connectivity index (χ0v) is 16.8. The van der Waals surface area contributed by atoms with E-state index in [2.05, 4.69) is 0 Å². The lowest BCUT2D eigenvalue weighted by atomic mass is 9.98. The number of Topliss-reactive ketones (excluding diaryl/α,β-unsaturated/α-hetero) is 1. The number of rotatable bonds is 7. The summed E-state index contributed by atoms with van der Waals surface area (Å²) in [7, 11) is 1.56. The third-order valence-electron chi connectivity index (χ3n) is 4.79. The van der Waals surface area contributed by atoms with Crippen molar-refractivity contribution < 1.29 is 24.4 Å². The van der Waals surface area contributed by atoms with E-state index in [4.69, 9.17) is 4.74 Å². The Morgan fingerprint density at radius 2 is 1.97 bits per heavy atom. The van der Waals surface area contributed by atoms with Crippen LogP contribution in [0.15, 0.2) is 41.3 Å². The number of likely N-dealkylation sites (tertiary alicyclic amines) is 1. The minimum absolute atomic E-state index is 0.00757. The molecule has 29 heavy (non-hydrogen) atoms. The number of ether oxygens (including phenoxy) is 1. The van der Waals surface area contributed by atoms with Gasteiger partial charge in [0.05, 0.1) is 16.5 Å². The van der Waals surface area contributed by atoms with Crippen LogP contribution in [0.5, 0.6) is 0 Å². The number of non-ortho nitro benzene ring substituents is 1. The van der Waals surface area contributed by atoms with Gasteiger partial charge in [-0.25, -0.2) is 0 Å². The van der Waals surface area contributed by atoms with Crippen LogP contribution >= 0.6 is 11.3 Å². The van der Waals surface area contributed by atoms with Gasteiger partial charge in [-0.05, 0) is 42.5 Å². The van der Waals surface area contributed by atoms with E-state index < -0.39 is 22.7 Å². The highest BCUT2D eigenvalue weighted by Crippen LogP contribution is 2.42. The first-order valence-corrected chi connectivity index (χ1v) is 9.81. The summed E-state index contributed by atoms with van der Waals surface area (Å²) in [6.07, 6.45) is 0.544. The zero-order valence-electron chi connectivity index (χ0n) is 16.0. The van der Waals surface area contributed by atoms with E-state index in [1.807, 2.05) is 18.4 Å². The number of aryl methyl sites for hydroxylation is 1. The van der Waals surface area contributed by atoms with Crippen LogP contribution in [-0.2, 0) is 14.3 Å². The molecule has 0 aliphatic carbocycles. The molecule has 152 valence electrons. The van der Waals surface area contributed by atoms with Crippen molar-refractivity contribution in [3.05, 3.63) is 67.4 Å². The van der Waals surface area contributed by atoms with E-state index >= 15 is 0 Å². The topological polar surface area (TPSA) is 110 Å². The molecule has 0 radical (unpaired) electrons. The van der Waals surface area contributed by atoms with Gasteiger partial charge in [-0.3, -0.25) is 19.7 Å². The summed E-state index contributed by atoms with van der Waals surface area (Å²) in [6.45, 7) is 2.62. The maximum absolute atomic E-state index is 12.8. The van der Waals surface area contributed by atoms with Crippen molar-refractivity contribution in [2.45, 2.75) is 19.4 Å². The predicted octanol–water partition coefficient (Wildman–Crippen LogP) is 3.42. The Morgan fingerprint density at radius 1 is 1.28 bits per heavy atom. The molecule has 1 unspecified atom stereocenters. The van der Waals surface area contributed by atoms with Gasteiger partial charge in [-0.15, -0.1) is 11.3 Å². The predicted molar refractivity (Wildman–Crippen MR) is 108 cm³/mol. The smallest absolute Gasteiger partial charge is 0.295 e. The van der Waals surface area contributed by atoms with Gasteiger partial charge in [0.15, 0.2) is 0 Å².